The van der Waals surface area contributed by atoms with Gasteiger partial charge >= 0.3 is 5.97 Å². The average molecular weight is 312 g/mol. The lowest BCUT2D eigenvalue weighted by Crippen LogP contribution is -2.51. The molecule has 1 atom stereocenters. The molecule has 0 aliphatic carbocycles. The van der Waals surface area contributed by atoms with Gasteiger partial charge in [-0.25, -0.2) is 13.2 Å². The summed E-state index contributed by atoms with van der Waals surface area (Å²) in [5, 5.41) is 3.22. The van der Waals surface area contributed by atoms with E-state index in [0.29, 0.717) is 30.8 Å². The maximum atomic E-state index is 12.4. The first kappa shape index (κ1) is 15.9. The molecule has 1 heterocycles. The summed E-state index contributed by atoms with van der Waals surface area (Å²) in [7, 11) is -2.02. The quantitative estimate of drug-likeness (QED) is 0.824. The molecule has 1 saturated heterocycles. The number of sulfonamides is 1. The van der Waals surface area contributed by atoms with E-state index in [1.807, 2.05) is 6.92 Å². The summed E-state index contributed by atoms with van der Waals surface area (Å²) in [5.41, 5.74) is 1.07. The second kappa shape index (κ2) is 6.55. The van der Waals surface area contributed by atoms with Crippen LogP contribution in [0.5, 0.6) is 0 Å². The number of hydrogen-bond acceptors (Lipinski definition) is 5. The predicted molar refractivity (Wildman–Crippen MR) is 79.4 cm³/mol. The highest BCUT2D eigenvalue weighted by Crippen LogP contribution is 2.14. The molecule has 0 unspecified atom stereocenters. The number of carbonyl (C=O) groups is 1. The molecule has 0 saturated carbocycles. The van der Waals surface area contributed by atoms with Gasteiger partial charge in [-0.1, -0.05) is 12.1 Å². The summed E-state index contributed by atoms with van der Waals surface area (Å²) >= 11 is 0. The number of hydrogen-bond donors (Lipinski definition) is 1. The van der Waals surface area contributed by atoms with E-state index in [4.69, 9.17) is 0 Å². The Morgan fingerprint density at radius 3 is 2.62 bits per heavy atom. The number of piperazine rings is 1. The van der Waals surface area contributed by atoms with Crippen molar-refractivity contribution in [3.05, 3.63) is 35.4 Å². The van der Waals surface area contributed by atoms with E-state index in [1.54, 1.807) is 24.3 Å². The highest BCUT2D eigenvalue weighted by Gasteiger charge is 2.26. The molecular formula is C14H20N2O4S. The molecule has 1 aromatic rings. The topological polar surface area (TPSA) is 75.7 Å². The van der Waals surface area contributed by atoms with Crippen molar-refractivity contribution >= 4 is 16.0 Å². The molecule has 1 aliphatic rings. The van der Waals surface area contributed by atoms with Crippen LogP contribution in [-0.2, 0) is 20.5 Å². The summed E-state index contributed by atoms with van der Waals surface area (Å²) in [6.45, 7) is 3.62. The lowest BCUT2D eigenvalue weighted by molar-refractivity contribution is 0.0600. The fraction of sp³-hybridized carbons (Fsp3) is 0.500. The van der Waals surface area contributed by atoms with Crippen LogP contribution in [0.2, 0.25) is 0 Å². The van der Waals surface area contributed by atoms with Gasteiger partial charge in [0.25, 0.3) is 0 Å². The third-order valence-corrected chi connectivity index (χ3v) is 5.27. The number of ether oxygens (including phenoxy) is 1. The second-order valence-corrected chi connectivity index (χ2v) is 7.13. The largest absolute Gasteiger partial charge is 0.465 e. The van der Waals surface area contributed by atoms with E-state index < -0.39 is 16.0 Å². The zero-order valence-corrected chi connectivity index (χ0v) is 13.0. The number of nitrogens with one attached hydrogen (secondary N) is 1. The van der Waals surface area contributed by atoms with Crippen molar-refractivity contribution in [3.63, 3.8) is 0 Å². The van der Waals surface area contributed by atoms with Gasteiger partial charge < -0.3 is 10.1 Å². The summed E-state index contributed by atoms with van der Waals surface area (Å²) in [6, 6.07) is 6.62. The molecule has 0 radical (unpaired) electrons. The van der Waals surface area contributed by atoms with Gasteiger partial charge in [-0.15, -0.1) is 0 Å². The van der Waals surface area contributed by atoms with Crippen LogP contribution in [0, 0.1) is 0 Å². The molecule has 2 rings (SSSR count). The SMILES string of the molecule is COC(=O)c1ccc(CS(=O)(=O)N2CCN[C@H](C)C2)cc1. The molecule has 116 valence electrons. The Morgan fingerprint density at radius 1 is 1.38 bits per heavy atom. The van der Waals surface area contributed by atoms with Crippen molar-refractivity contribution in [1.29, 1.82) is 0 Å². The van der Waals surface area contributed by atoms with E-state index in [0.717, 1.165) is 0 Å². The van der Waals surface area contributed by atoms with Crippen LogP contribution in [0.25, 0.3) is 0 Å². The normalized spacial score (nSPS) is 20.2. The minimum atomic E-state index is -3.33. The highest BCUT2D eigenvalue weighted by molar-refractivity contribution is 7.88. The molecule has 0 aromatic heterocycles. The maximum absolute atomic E-state index is 12.4. The van der Waals surface area contributed by atoms with Gasteiger partial charge in [0, 0.05) is 25.7 Å². The Labute approximate surface area is 125 Å². The van der Waals surface area contributed by atoms with Gasteiger partial charge in [0.05, 0.1) is 18.4 Å². The fourth-order valence-electron chi connectivity index (χ4n) is 2.31. The van der Waals surface area contributed by atoms with Crippen molar-refractivity contribution < 1.29 is 17.9 Å². The van der Waals surface area contributed by atoms with Crippen molar-refractivity contribution in [2.24, 2.45) is 0 Å². The Hall–Kier alpha value is -1.44. The zero-order chi connectivity index (χ0) is 15.5. The lowest BCUT2D eigenvalue weighted by Gasteiger charge is -2.31. The molecule has 1 aromatic carbocycles. The molecule has 1 N–H and O–H groups in total. The molecule has 1 fully saturated rings. The van der Waals surface area contributed by atoms with Crippen molar-refractivity contribution in [2.45, 2.75) is 18.7 Å². The summed E-state index contributed by atoms with van der Waals surface area (Å²) in [6.07, 6.45) is 0. The van der Waals surface area contributed by atoms with Crippen molar-refractivity contribution in [2.75, 3.05) is 26.7 Å². The van der Waals surface area contributed by atoms with Crippen LogP contribution in [0.3, 0.4) is 0 Å². The number of methoxy groups -OCH3 is 1. The van der Waals surface area contributed by atoms with Crippen LogP contribution in [-0.4, -0.2) is 51.5 Å². The second-order valence-electron chi connectivity index (χ2n) is 5.16. The van der Waals surface area contributed by atoms with E-state index in [-0.39, 0.29) is 11.8 Å². The van der Waals surface area contributed by atoms with Gasteiger partial charge in [0.2, 0.25) is 10.0 Å². The van der Waals surface area contributed by atoms with Crippen LogP contribution < -0.4 is 5.32 Å². The minimum Gasteiger partial charge on any atom is -0.465 e. The van der Waals surface area contributed by atoms with Crippen LogP contribution in [0.15, 0.2) is 24.3 Å². The third kappa shape index (κ3) is 4.03. The number of nitrogens with zero attached hydrogens (tertiary/aromatic N) is 1. The smallest absolute Gasteiger partial charge is 0.337 e. The standard InChI is InChI=1S/C14H20N2O4S/c1-11-9-16(8-7-15-11)21(18,19)10-12-3-5-13(6-4-12)14(17)20-2/h3-6,11,15H,7-10H2,1-2H3/t11-/m1/s1. The van der Waals surface area contributed by atoms with E-state index in [9.17, 15) is 13.2 Å². The van der Waals surface area contributed by atoms with Crippen LogP contribution in [0.1, 0.15) is 22.8 Å². The number of benzene rings is 1. The van der Waals surface area contributed by atoms with Gasteiger partial charge in [0.15, 0.2) is 0 Å². The molecule has 7 heteroatoms. The van der Waals surface area contributed by atoms with Gasteiger partial charge in [0.1, 0.15) is 0 Å². The fourth-order valence-corrected chi connectivity index (χ4v) is 3.92. The van der Waals surface area contributed by atoms with Gasteiger partial charge in [-0.2, -0.15) is 4.31 Å². The van der Waals surface area contributed by atoms with E-state index in [1.165, 1.54) is 11.4 Å². The Kier molecular flexibility index (Phi) is 4.97. The summed E-state index contributed by atoms with van der Waals surface area (Å²) < 4.78 is 30.9. The Balaban J connectivity index is 2.08. The third-order valence-electron chi connectivity index (χ3n) is 3.45. The maximum Gasteiger partial charge on any atom is 0.337 e. The van der Waals surface area contributed by atoms with E-state index in [2.05, 4.69) is 10.1 Å². The first-order valence-corrected chi connectivity index (χ1v) is 8.42. The number of esters is 1. The van der Waals surface area contributed by atoms with E-state index >= 15 is 0 Å². The molecule has 0 bridgehead atoms. The van der Waals surface area contributed by atoms with Crippen LogP contribution >= 0.6 is 0 Å². The molecule has 21 heavy (non-hydrogen) atoms. The molecule has 6 nitrogen and oxygen atoms in total. The number of rotatable bonds is 4. The van der Waals surface area contributed by atoms with Crippen LogP contribution in [0.4, 0.5) is 0 Å². The molecular weight excluding hydrogens is 292 g/mol. The van der Waals surface area contributed by atoms with Gasteiger partial charge in [-0.3, -0.25) is 0 Å². The molecule has 1 aliphatic heterocycles. The monoisotopic (exact) mass is 312 g/mol. The first-order valence-electron chi connectivity index (χ1n) is 6.81. The number of carbonyl (C=O) groups excluding carboxylic acids is 1. The zero-order valence-electron chi connectivity index (χ0n) is 12.2. The van der Waals surface area contributed by atoms with Crippen molar-refractivity contribution in [1.82, 2.24) is 9.62 Å². The minimum absolute atomic E-state index is 0.0544. The highest BCUT2D eigenvalue weighted by atomic mass is 32.2. The average Bonchev–Trinajstić information content (AvgIpc) is 2.47. The van der Waals surface area contributed by atoms with Crippen molar-refractivity contribution in [3.8, 4) is 0 Å². The summed E-state index contributed by atoms with van der Waals surface area (Å²) in [5.74, 6) is -0.485. The predicted octanol–water partition coefficient (Wildman–Crippen LogP) is 0.597. The Morgan fingerprint density at radius 2 is 2.05 bits per heavy atom. The molecule has 0 amide bonds. The molecule has 0 spiro atoms. The summed E-state index contributed by atoms with van der Waals surface area (Å²) in [4.78, 5) is 11.3. The lowest BCUT2D eigenvalue weighted by atomic mass is 10.1. The first-order chi connectivity index (χ1) is 9.92. The Bertz CT molecular complexity index is 598. The van der Waals surface area contributed by atoms with Gasteiger partial charge in [-0.05, 0) is 24.6 Å².